The molecule has 0 saturated carbocycles. The highest BCUT2D eigenvalue weighted by Crippen LogP contribution is 2.13. The maximum Gasteiger partial charge on any atom is 0.331 e. The van der Waals surface area contributed by atoms with Crippen molar-refractivity contribution in [1.82, 2.24) is 0 Å². The Morgan fingerprint density at radius 2 is 2.35 bits per heavy atom. The summed E-state index contributed by atoms with van der Waals surface area (Å²) in [4.78, 5) is 21.0. The van der Waals surface area contributed by atoms with Crippen LogP contribution < -0.4 is 0 Å². The lowest BCUT2D eigenvalue weighted by atomic mass is 10.2. The number of terminal acetylenes is 1. The van der Waals surface area contributed by atoms with Crippen LogP contribution in [0.2, 0.25) is 0 Å². The molecule has 0 aromatic heterocycles. The van der Waals surface area contributed by atoms with E-state index < -0.39 is 10.9 Å². The van der Waals surface area contributed by atoms with Crippen molar-refractivity contribution in [3.63, 3.8) is 0 Å². The molecular weight excluding hydrogens is 222 g/mol. The number of hydrogen-bond acceptors (Lipinski definition) is 4. The minimum absolute atomic E-state index is 0.0378. The summed E-state index contributed by atoms with van der Waals surface area (Å²) in [5, 5.41) is 10.5. The second kappa shape index (κ2) is 6.08. The van der Waals surface area contributed by atoms with Gasteiger partial charge in [0.25, 0.3) is 5.69 Å². The molecule has 0 heterocycles. The number of carbonyl (C=O) groups excluding carboxylic acids is 1. The Balaban J connectivity index is 2.72. The molecular formula is C12H9NO4. The van der Waals surface area contributed by atoms with Gasteiger partial charge in [-0.05, 0) is 11.6 Å². The molecule has 0 aliphatic heterocycles. The van der Waals surface area contributed by atoms with Crippen LogP contribution in [0.3, 0.4) is 0 Å². The van der Waals surface area contributed by atoms with Gasteiger partial charge in [0.2, 0.25) is 0 Å². The van der Waals surface area contributed by atoms with Gasteiger partial charge in [0, 0.05) is 18.2 Å². The number of benzene rings is 1. The number of non-ortho nitro benzene ring substituents is 1. The first-order valence-electron chi connectivity index (χ1n) is 4.66. The van der Waals surface area contributed by atoms with E-state index in [1.165, 1.54) is 24.3 Å². The van der Waals surface area contributed by atoms with Crippen LogP contribution in [-0.2, 0) is 9.53 Å². The fourth-order valence-corrected chi connectivity index (χ4v) is 1.07. The largest absolute Gasteiger partial charge is 0.449 e. The number of nitrogens with zero attached hydrogens (tertiary/aromatic N) is 1. The van der Waals surface area contributed by atoms with Crippen molar-refractivity contribution in [2.75, 3.05) is 6.61 Å². The van der Waals surface area contributed by atoms with Gasteiger partial charge in [0.15, 0.2) is 6.61 Å². The molecule has 0 saturated heterocycles. The molecule has 0 spiro atoms. The van der Waals surface area contributed by atoms with Crippen LogP contribution in [0, 0.1) is 22.5 Å². The number of esters is 1. The van der Waals surface area contributed by atoms with Gasteiger partial charge in [-0.15, -0.1) is 6.42 Å². The average molecular weight is 231 g/mol. The second-order valence-electron chi connectivity index (χ2n) is 3.00. The van der Waals surface area contributed by atoms with Crippen LogP contribution in [0.15, 0.2) is 30.3 Å². The molecule has 86 valence electrons. The number of hydrogen-bond donors (Lipinski definition) is 0. The van der Waals surface area contributed by atoms with Crippen molar-refractivity contribution in [1.29, 1.82) is 0 Å². The Bertz CT molecular complexity index is 499. The quantitative estimate of drug-likeness (QED) is 0.260. The molecule has 0 bridgehead atoms. The van der Waals surface area contributed by atoms with E-state index in [4.69, 9.17) is 6.42 Å². The van der Waals surface area contributed by atoms with Crippen LogP contribution >= 0.6 is 0 Å². The van der Waals surface area contributed by atoms with E-state index in [0.717, 1.165) is 6.08 Å². The molecule has 1 aromatic carbocycles. The highest BCUT2D eigenvalue weighted by atomic mass is 16.6. The molecule has 17 heavy (non-hydrogen) atoms. The SMILES string of the molecule is C#CCOC(=O)/C=C/c1cccc([N+](=O)[O-])c1. The van der Waals surface area contributed by atoms with Gasteiger partial charge in [0.05, 0.1) is 4.92 Å². The normalized spacial score (nSPS) is 9.82. The van der Waals surface area contributed by atoms with Crippen LogP contribution in [-0.4, -0.2) is 17.5 Å². The smallest absolute Gasteiger partial charge is 0.331 e. The van der Waals surface area contributed by atoms with E-state index in [0.29, 0.717) is 5.56 Å². The summed E-state index contributed by atoms with van der Waals surface area (Å²) in [6, 6.07) is 5.89. The van der Waals surface area contributed by atoms with Crippen LogP contribution in [0.25, 0.3) is 6.08 Å². The van der Waals surface area contributed by atoms with Gasteiger partial charge >= 0.3 is 5.97 Å². The predicted octanol–water partition coefficient (Wildman–Crippen LogP) is 1.78. The minimum atomic E-state index is -0.588. The Morgan fingerprint density at radius 1 is 1.59 bits per heavy atom. The molecule has 5 heteroatoms. The zero-order valence-electron chi connectivity index (χ0n) is 8.83. The van der Waals surface area contributed by atoms with E-state index in [2.05, 4.69) is 10.7 Å². The number of nitro benzene ring substituents is 1. The monoisotopic (exact) mass is 231 g/mol. The van der Waals surface area contributed by atoms with Crippen molar-refractivity contribution in [2.24, 2.45) is 0 Å². The summed E-state index contributed by atoms with van der Waals surface area (Å²) in [6.45, 7) is -0.0991. The first kappa shape index (κ1) is 12.5. The lowest BCUT2D eigenvalue weighted by Crippen LogP contribution is -1.99. The van der Waals surface area contributed by atoms with Gasteiger partial charge < -0.3 is 4.74 Å². The Hall–Kier alpha value is -2.61. The van der Waals surface area contributed by atoms with Gasteiger partial charge in [-0.1, -0.05) is 18.1 Å². The molecule has 0 unspecified atom stereocenters. The van der Waals surface area contributed by atoms with Crippen molar-refractivity contribution >= 4 is 17.7 Å². The van der Waals surface area contributed by atoms with Gasteiger partial charge in [-0.2, -0.15) is 0 Å². The molecule has 0 aliphatic rings. The van der Waals surface area contributed by atoms with Crippen molar-refractivity contribution < 1.29 is 14.5 Å². The van der Waals surface area contributed by atoms with Crippen molar-refractivity contribution in [3.05, 3.63) is 46.0 Å². The summed E-state index contributed by atoms with van der Waals surface area (Å²) in [5.74, 6) is 1.57. The fourth-order valence-electron chi connectivity index (χ4n) is 1.07. The van der Waals surface area contributed by atoms with E-state index in [-0.39, 0.29) is 12.3 Å². The molecule has 1 rings (SSSR count). The zero-order valence-corrected chi connectivity index (χ0v) is 8.83. The van der Waals surface area contributed by atoms with E-state index in [9.17, 15) is 14.9 Å². The van der Waals surface area contributed by atoms with E-state index >= 15 is 0 Å². The molecule has 0 radical (unpaired) electrons. The number of nitro groups is 1. The molecule has 5 nitrogen and oxygen atoms in total. The first-order valence-corrected chi connectivity index (χ1v) is 4.66. The molecule has 0 aliphatic carbocycles. The standard InChI is InChI=1S/C12H9NO4/c1-2-8-17-12(14)7-6-10-4-3-5-11(9-10)13(15)16/h1,3-7,9H,8H2/b7-6+. The Morgan fingerprint density at radius 3 is 3.00 bits per heavy atom. The zero-order chi connectivity index (χ0) is 12.7. The van der Waals surface area contributed by atoms with Crippen molar-refractivity contribution in [2.45, 2.75) is 0 Å². The molecule has 0 atom stereocenters. The topological polar surface area (TPSA) is 69.4 Å². The average Bonchev–Trinajstić information content (AvgIpc) is 2.34. The summed E-state index contributed by atoms with van der Waals surface area (Å²) < 4.78 is 4.59. The first-order chi connectivity index (χ1) is 8.13. The van der Waals surface area contributed by atoms with Gasteiger partial charge in [0.1, 0.15) is 0 Å². The van der Waals surface area contributed by atoms with Crippen LogP contribution in [0.1, 0.15) is 5.56 Å². The molecule has 1 aromatic rings. The summed E-state index contributed by atoms with van der Waals surface area (Å²) in [7, 11) is 0. The van der Waals surface area contributed by atoms with Crippen molar-refractivity contribution in [3.8, 4) is 12.3 Å². The maximum atomic E-state index is 11.1. The Kier molecular flexibility index (Phi) is 4.45. The van der Waals surface area contributed by atoms with Crippen LogP contribution in [0.4, 0.5) is 5.69 Å². The number of ether oxygens (including phenoxy) is 1. The van der Waals surface area contributed by atoms with Gasteiger partial charge in [-0.25, -0.2) is 4.79 Å². The lowest BCUT2D eigenvalue weighted by Gasteiger charge is -1.95. The van der Waals surface area contributed by atoms with Crippen LogP contribution in [0.5, 0.6) is 0 Å². The van der Waals surface area contributed by atoms with E-state index in [1.807, 2.05) is 0 Å². The number of rotatable bonds is 4. The molecule has 0 N–H and O–H groups in total. The molecule has 0 fully saturated rings. The third kappa shape index (κ3) is 4.18. The Labute approximate surface area is 97.9 Å². The van der Waals surface area contributed by atoms with Gasteiger partial charge in [-0.3, -0.25) is 10.1 Å². The fraction of sp³-hybridized carbons (Fsp3) is 0.0833. The third-order valence-electron chi connectivity index (χ3n) is 1.79. The third-order valence-corrected chi connectivity index (χ3v) is 1.79. The maximum absolute atomic E-state index is 11.1. The number of carbonyl (C=O) groups is 1. The predicted molar refractivity (Wildman–Crippen MR) is 61.9 cm³/mol. The second-order valence-corrected chi connectivity index (χ2v) is 3.00. The summed E-state index contributed by atoms with van der Waals surface area (Å²) in [5.41, 5.74) is 0.501. The summed E-state index contributed by atoms with van der Waals surface area (Å²) in [6.07, 6.45) is 7.50. The highest BCUT2D eigenvalue weighted by Gasteiger charge is 2.04. The summed E-state index contributed by atoms with van der Waals surface area (Å²) >= 11 is 0. The van der Waals surface area contributed by atoms with E-state index in [1.54, 1.807) is 6.07 Å². The minimum Gasteiger partial charge on any atom is -0.449 e. The highest BCUT2D eigenvalue weighted by molar-refractivity contribution is 5.87. The lowest BCUT2D eigenvalue weighted by molar-refractivity contribution is -0.384. The molecule has 0 amide bonds.